The Balaban J connectivity index is 1.72. The van der Waals surface area contributed by atoms with E-state index in [-0.39, 0.29) is 6.42 Å². The van der Waals surface area contributed by atoms with Crippen molar-refractivity contribution in [1.82, 2.24) is 9.55 Å². The molecule has 1 heterocycles. The zero-order valence-electron chi connectivity index (χ0n) is 9.50. The van der Waals surface area contributed by atoms with Crippen molar-refractivity contribution in [3.8, 4) is 0 Å². The maximum atomic E-state index is 11.9. The number of halogens is 3. The van der Waals surface area contributed by atoms with E-state index in [1.165, 1.54) is 0 Å². The Morgan fingerprint density at radius 1 is 1.35 bits per heavy atom. The number of anilines is 1. The van der Waals surface area contributed by atoms with Crippen LogP contribution in [0.1, 0.15) is 32.1 Å². The first-order valence-electron chi connectivity index (χ1n) is 5.89. The highest BCUT2D eigenvalue weighted by molar-refractivity contribution is 5.29. The zero-order chi connectivity index (χ0) is 12.3. The molecule has 1 aliphatic rings. The van der Waals surface area contributed by atoms with Crippen molar-refractivity contribution >= 4 is 5.95 Å². The van der Waals surface area contributed by atoms with Gasteiger partial charge >= 0.3 is 6.18 Å². The van der Waals surface area contributed by atoms with E-state index in [2.05, 4.69) is 10.3 Å². The molecule has 1 fully saturated rings. The van der Waals surface area contributed by atoms with Crippen LogP contribution in [0.25, 0.3) is 0 Å². The van der Waals surface area contributed by atoms with Gasteiger partial charge in [0, 0.05) is 31.4 Å². The minimum absolute atomic E-state index is 0.171. The first-order chi connectivity index (χ1) is 8.04. The Hall–Kier alpha value is -1.20. The number of unbranched alkanes of at least 4 members (excludes halogenated alkanes) is 1. The third-order valence-electron chi connectivity index (χ3n) is 2.74. The average Bonchev–Trinajstić information content (AvgIpc) is 2.92. The summed E-state index contributed by atoms with van der Waals surface area (Å²) < 4.78 is 37.7. The molecule has 0 atom stereocenters. The standard InChI is InChI=1S/C11H16F3N3/c12-11(13,14)5-1-2-7-17-8-6-15-10(17)16-9-3-4-9/h6,8-9H,1-5,7H2,(H,15,16). The minimum Gasteiger partial charge on any atom is -0.353 e. The molecule has 0 saturated heterocycles. The number of nitrogens with zero attached hydrogens (tertiary/aromatic N) is 2. The second-order valence-electron chi connectivity index (χ2n) is 4.44. The van der Waals surface area contributed by atoms with Crippen LogP contribution < -0.4 is 5.32 Å². The minimum atomic E-state index is -4.04. The van der Waals surface area contributed by atoms with Gasteiger partial charge in [-0.05, 0) is 25.7 Å². The lowest BCUT2D eigenvalue weighted by Crippen LogP contribution is -2.10. The van der Waals surface area contributed by atoms with E-state index in [0.29, 0.717) is 19.0 Å². The summed E-state index contributed by atoms with van der Waals surface area (Å²) in [6.07, 6.45) is 1.74. The molecule has 96 valence electrons. The maximum absolute atomic E-state index is 11.9. The molecule has 0 aliphatic heterocycles. The van der Waals surface area contributed by atoms with E-state index in [1.54, 1.807) is 12.4 Å². The molecule has 1 aromatic heterocycles. The fourth-order valence-electron chi connectivity index (χ4n) is 1.65. The van der Waals surface area contributed by atoms with Gasteiger partial charge in [-0.15, -0.1) is 0 Å². The molecule has 0 amide bonds. The van der Waals surface area contributed by atoms with Crippen LogP contribution in [0, 0.1) is 0 Å². The van der Waals surface area contributed by atoms with Crippen molar-refractivity contribution in [3.63, 3.8) is 0 Å². The van der Waals surface area contributed by atoms with Crippen LogP contribution in [0.4, 0.5) is 19.1 Å². The van der Waals surface area contributed by atoms with E-state index in [9.17, 15) is 13.2 Å². The molecule has 3 nitrogen and oxygen atoms in total. The largest absolute Gasteiger partial charge is 0.389 e. The molecule has 0 bridgehead atoms. The molecule has 1 aliphatic carbocycles. The monoisotopic (exact) mass is 247 g/mol. The second-order valence-corrected chi connectivity index (χ2v) is 4.44. The smallest absolute Gasteiger partial charge is 0.353 e. The summed E-state index contributed by atoms with van der Waals surface area (Å²) >= 11 is 0. The number of aromatic nitrogens is 2. The topological polar surface area (TPSA) is 29.9 Å². The number of alkyl halides is 3. The van der Waals surface area contributed by atoms with E-state index >= 15 is 0 Å². The molecule has 0 radical (unpaired) electrons. The Kier molecular flexibility index (Phi) is 3.59. The van der Waals surface area contributed by atoms with Gasteiger partial charge in [0.05, 0.1) is 0 Å². The number of rotatable bonds is 6. The first kappa shape index (κ1) is 12.3. The Morgan fingerprint density at radius 3 is 2.76 bits per heavy atom. The lowest BCUT2D eigenvalue weighted by Gasteiger charge is -2.09. The molecule has 1 saturated carbocycles. The van der Waals surface area contributed by atoms with Crippen molar-refractivity contribution in [2.24, 2.45) is 0 Å². The van der Waals surface area contributed by atoms with Gasteiger partial charge < -0.3 is 9.88 Å². The van der Waals surface area contributed by atoms with Crippen molar-refractivity contribution in [2.75, 3.05) is 5.32 Å². The third-order valence-corrected chi connectivity index (χ3v) is 2.74. The lowest BCUT2D eigenvalue weighted by molar-refractivity contribution is -0.135. The highest BCUT2D eigenvalue weighted by Gasteiger charge is 2.26. The number of hydrogen-bond donors (Lipinski definition) is 1. The van der Waals surface area contributed by atoms with Gasteiger partial charge in [-0.2, -0.15) is 13.2 Å². The van der Waals surface area contributed by atoms with Crippen molar-refractivity contribution < 1.29 is 13.2 Å². The second kappa shape index (κ2) is 4.98. The Bertz CT molecular complexity index is 355. The number of hydrogen-bond acceptors (Lipinski definition) is 2. The SMILES string of the molecule is FC(F)(F)CCCCn1ccnc1NC1CC1. The Morgan fingerprint density at radius 2 is 2.12 bits per heavy atom. The van der Waals surface area contributed by atoms with Crippen LogP contribution in [-0.4, -0.2) is 21.8 Å². The molecule has 1 aromatic rings. The van der Waals surface area contributed by atoms with Crippen LogP contribution >= 0.6 is 0 Å². The molecule has 0 aromatic carbocycles. The van der Waals surface area contributed by atoms with Gasteiger partial charge in [0.25, 0.3) is 0 Å². The van der Waals surface area contributed by atoms with Gasteiger partial charge in [-0.25, -0.2) is 4.98 Å². The highest BCUT2D eigenvalue weighted by atomic mass is 19.4. The molecule has 2 rings (SSSR count). The summed E-state index contributed by atoms with van der Waals surface area (Å²) in [6, 6.07) is 0.506. The zero-order valence-corrected chi connectivity index (χ0v) is 9.50. The van der Waals surface area contributed by atoms with Crippen LogP contribution in [0.5, 0.6) is 0 Å². The van der Waals surface area contributed by atoms with E-state index in [4.69, 9.17) is 0 Å². The van der Waals surface area contributed by atoms with Crippen LogP contribution in [-0.2, 0) is 6.54 Å². The fraction of sp³-hybridized carbons (Fsp3) is 0.727. The average molecular weight is 247 g/mol. The summed E-state index contributed by atoms with van der Waals surface area (Å²) in [5.41, 5.74) is 0. The van der Waals surface area contributed by atoms with E-state index < -0.39 is 12.6 Å². The van der Waals surface area contributed by atoms with Gasteiger partial charge in [-0.1, -0.05) is 0 Å². The molecule has 0 unspecified atom stereocenters. The summed E-state index contributed by atoms with van der Waals surface area (Å²) in [4.78, 5) is 4.15. The molecule has 6 heteroatoms. The predicted octanol–water partition coefficient (Wildman–Crippen LogP) is 3.19. The van der Waals surface area contributed by atoms with Crippen molar-refractivity contribution in [2.45, 2.75) is 50.9 Å². The molecule has 17 heavy (non-hydrogen) atoms. The maximum Gasteiger partial charge on any atom is 0.389 e. The first-order valence-corrected chi connectivity index (χ1v) is 5.89. The highest BCUT2D eigenvalue weighted by Crippen LogP contribution is 2.25. The van der Waals surface area contributed by atoms with E-state index in [1.807, 2.05) is 4.57 Å². The normalized spacial score (nSPS) is 16.2. The molecule has 1 N–H and O–H groups in total. The van der Waals surface area contributed by atoms with Crippen molar-refractivity contribution in [3.05, 3.63) is 12.4 Å². The quantitative estimate of drug-likeness (QED) is 0.782. The summed E-state index contributed by atoms with van der Waals surface area (Å²) in [5, 5.41) is 3.25. The van der Waals surface area contributed by atoms with Gasteiger partial charge in [0.2, 0.25) is 5.95 Å². The molecular formula is C11H16F3N3. The summed E-state index contributed by atoms with van der Waals surface area (Å²) in [5.74, 6) is 0.777. The number of imidazole rings is 1. The van der Waals surface area contributed by atoms with Crippen molar-refractivity contribution in [1.29, 1.82) is 0 Å². The molecular weight excluding hydrogens is 231 g/mol. The number of nitrogens with one attached hydrogen (secondary N) is 1. The number of aryl methyl sites for hydroxylation is 1. The summed E-state index contributed by atoms with van der Waals surface area (Å²) in [7, 11) is 0. The van der Waals surface area contributed by atoms with Crippen LogP contribution in [0.3, 0.4) is 0 Å². The predicted molar refractivity (Wildman–Crippen MR) is 58.8 cm³/mol. The van der Waals surface area contributed by atoms with E-state index in [0.717, 1.165) is 18.8 Å². The van der Waals surface area contributed by atoms with Crippen LogP contribution in [0.2, 0.25) is 0 Å². The van der Waals surface area contributed by atoms with Crippen LogP contribution in [0.15, 0.2) is 12.4 Å². The molecule has 0 spiro atoms. The lowest BCUT2D eigenvalue weighted by atomic mass is 10.2. The van der Waals surface area contributed by atoms with Gasteiger partial charge in [0.15, 0.2) is 0 Å². The van der Waals surface area contributed by atoms with Gasteiger partial charge in [0.1, 0.15) is 0 Å². The third kappa shape index (κ3) is 4.28. The summed E-state index contributed by atoms with van der Waals surface area (Å²) in [6.45, 7) is 0.588. The van der Waals surface area contributed by atoms with Gasteiger partial charge in [-0.3, -0.25) is 0 Å². The Labute approximate surface area is 98.0 Å². The fourth-order valence-corrected chi connectivity index (χ4v) is 1.65.